The standard InChI is InChI=1S/C14H24N2O2/c1-4-6-7-12(14(17)18-3)11-13-15-8-10-16(13)9-5-2/h8,10,12H,4-7,9,11H2,1-3H3. The molecule has 0 amide bonds. The lowest BCUT2D eigenvalue weighted by molar-refractivity contribution is -0.145. The summed E-state index contributed by atoms with van der Waals surface area (Å²) in [5.74, 6) is 0.811. The van der Waals surface area contributed by atoms with E-state index in [1.807, 2.05) is 6.20 Å². The Hall–Kier alpha value is -1.32. The molecule has 0 fully saturated rings. The van der Waals surface area contributed by atoms with Crippen LogP contribution in [-0.2, 0) is 22.5 Å². The highest BCUT2D eigenvalue weighted by molar-refractivity contribution is 5.72. The highest BCUT2D eigenvalue weighted by Gasteiger charge is 2.21. The number of aromatic nitrogens is 2. The Balaban J connectivity index is 2.68. The maximum absolute atomic E-state index is 11.8. The van der Waals surface area contributed by atoms with E-state index in [9.17, 15) is 4.79 Å². The van der Waals surface area contributed by atoms with Gasteiger partial charge in [0.15, 0.2) is 0 Å². The number of nitrogens with zero attached hydrogens (tertiary/aromatic N) is 2. The molecular formula is C14H24N2O2. The van der Waals surface area contributed by atoms with E-state index in [-0.39, 0.29) is 11.9 Å². The molecule has 18 heavy (non-hydrogen) atoms. The second kappa shape index (κ2) is 7.90. The molecule has 4 heteroatoms. The SMILES string of the molecule is CCCCC(Cc1nccn1CCC)C(=O)OC. The van der Waals surface area contributed by atoms with Crippen LogP contribution in [-0.4, -0.2) is 22.6 Å². The first kappa shape index (κ1) is 14.7. The molecule has 4 nitrogen and oxygen atoms in total. The van der Waals surface area contributed by atoms with E-state index in [1.165, 1.54) is 7.11 Å². The van der Waals surface area contributed by atoms with Crippen molar-refractivity contribution in [2.24, 2.45) is 5.92 Å². The first-order chi connectivity index (χ1) is 8.72. The van der Waals surface area contributed by atoms with Gasteiger partial charge in [-0.1, -0.05) is 26.7 Å². The molecule has 1 rings (SSSR count). The van der Waals surface area contributed by atoms with Crippen LogP contribution in [0.1, 0.15) is 45.4 Å². The molecule has 0 bridgehead atoms. The molecule has 0 aromatic carbocycles. The second-order valence-corrected chi connectivity index (χ2v) is 4.60. The van der Waals surface area contributed by atoms with Gasteiger partial charge in [0, 0.05) is 25.4 Å². The van der Waals surface area contributed by atoms with Crippen LogP contribution < -0.4 is 0 Å². The molecule has 0 aliphatic carbocycles. The van der Waals surface area contributed by atoms with Gasteiger partial charge in [-0.15, -0.1) is 0 Å². The van der Waals surface area contributed by atoms with Crippen molar-refractivity contribution in [3.63, 3.8) is 0 Å². The third kappa shape index (κ3) is 4.17. The zero-order valence-corrected chi connectivity index (χ0v) is 11.7. The van der Waals surface area contributed by atoms with Crippen molar-refractivity contribution in [1.82, 2.24) is 9.55 Å². The number of aryl methyl sites for hydroxylation is 1. The van der Waals surface area contributed by atoms with Gasteiger partial charge in [0.2, 0.25) is 0 Å². The fraction of sp³-hybridized carbons (Fsp3) is 0.714. The predicted molar refractivity (Wildman–Crippen MR) is 71.3 cm³/mol. The number of unbranched alkanes of at least 4 members (excludes halogenated alkanes) is 1. The molecule has 1 unspecified atom stereocenters. The maximum Gasteiger partial charge on any atom is 0.309 e. The molecule has 0 saturated heterocycles. The van der Waals surface area contributed by atoms with E-state index in [0.717, 1.165) is 38.1 Å². The topological polar surface area (TPSA) is 44.1 Å². The Morgan fingerprint density at radius 1 is 1.44 bits per heavy atom. The largest absolute Gasteiger partial charge is 0.469 e. The van der Waals surface area contributed by atoms with Gasteiger partial charge in [0.1, 0.15) is 5.82 Å². The van der Waals surface area contributed by atoms with Crippen LogP contribution >= 0.6 is 0 Å². The molecular weight excluding hydrogens is 228 g/mol. The molecule has 0 aliphatic rings. The molecule has 1 aromatic heterocycles. The molecule has 0 N–H and O–H groups in total. The third-order valence-corrected chi connectivity index (χ3v) is 3.14. The van der Waals surface area contributed by atoms with Gasteiger partial charge < -0.3 is 9.30 Å². The van der Waals surface area contributed by atoms with E-state index < -0.39 is 0 Å². The first-order valence-corrected chi connectivity index (χ1v) is 6.80. The Labute approximate surface area is 109 Å². The maximum atomic E-state index is 11.8. The fourth-order valence-electron chi connectivity index (χ4n) is 2.12. The molecule has 0 radical (unpaired) electrons. The van der Waals surface area contributed by atoms with Gasteiger partial charge in [-0.2, -0.15) is 0 Å². The lowest BCUT2D eigenvalue weighted by Gasteiger charge is -2.14. The van der Waals surface area contributed by atoms with Crippen LogP contribution in [0.15, 0.2) is 12.4 Å². The third-order valence-electron chi connectivity index (χ3n) is 3.14. The smallest absolute Gasteiger partial charge is 0.309 e. The zero-order chi connectivity index (χ0) is 13.4. The molecule has 102 valence electrons. The average molecular weight is 252 g/mol. The van der Waals surface area contributed by atoms with Crippen LogP contribution in [0.25, 0.3) is 0 Å². The monoisotopic (exact) mass is 252 g/mol. The number of hydrogen-bond donors (Lipinski definition) is 0. The lowest BCUT2D eigenvalue weighted by Crippen LogP contribution is -2.20. The molecule has 1 atom stereocenters. The lowest BCUT2D eigenvalue weighted by atomic mass is 9.98. The van der Waals surface area contributed by atoms with Gasteiger partial charge in [-0.05, 0) is 12.8 Å². The Morgan fingerprint density at radius 3 is 2.83 bits per heavy atom. The summed E-state index contributed by atoms with van der Waals surface area (Å²) in [6.45, 7) is 5.22. The summed E-state index contributed by atoms with van der Waals surface area (Å²) in [7, 11) is 1.46. The van der Waals surface area contributed by atoms with E-state index in [0.29, 0.717) is 6.42 Å². The molecule has 0 aliphatic heterocycles. The van der Waals surface area contributed by atoms with Crippen molar-refractivity contribution in [1.29, 1.82) is 0 Å². The van der Waals surface area contributed by atoms with Gasteiger partial charge in [-0.3, -0.25) is 4.79 Å². The van der Waals surface area contributed by atoms with E-state index in [4.69, 9.17) is 4.74 Å². The fourth-order valence-corrected chi connectivity index (χ4v) is 2.12. The number of methoxy groups -OCH3 is 1. The van der Waals surface area contributed by atoms with Crippen molar-refractivity contribution in [3.05, 3.63) is 18.2 Å². The van der Waals surface area contributed by atoms with E-state index in [2.05, 4.69) is 23.4 Å². The summed E-state index contributed by atoms with van der Waals surface area (Å²) in [6, 6.07) is 0. The van der Waals surface area contributed by atoms with Gasteiger partial charge in [-0.25, -0.2) is 4.98 Å². The van der Waals surface area contributed by atoms with E-state index in [1.54, 1.807) is 6.20 Å². The Morgan fingerprint density at radius 2 is 2.22 bits per heavy atom. The number of imidazole rings is 1. The van der Waals surface area contributed by atoms with Crippen LogP contribution in [0, 0.1) is 5.92 Å². The number of carbonyl (C=O) groups excluding carboxylic acids is 1. The summed E-state index contributed by atoms with van der Waals surface area (Å²) >= 11 is 0. The summed E-state index contributed by atoms with van der Waals surface area (Å²) in [5.41, 5.74) is 0. The van der Waals surface area contributed by atoms with Gasteiger partial charge in [0.05, 0.1) is 13.0 Å². The summed E-state index contributed by atoms with van der Waals surface area (Å²) < 4.78 is 7.01. The molecule has 0 saturated carbocycles. The van der Waals surface area contributed by atoms with Crippen molar-refractivity contribution in [3.8, 4) is 0 Å². The number of hydrogen-bond acceptors (Lipinski definition) is 3. The van der Waals surface area contributed by atoms with Crippen LogP contribution in [0.5, 0.6) is 0 Å². The Kier molecular flexibility index (Phi) is 6.47. The second-order valence-electron chi connectivity index (χ2n) is 4.60. The summed E-state index contributed by atoms with van der Waals surface area (Å²) in [5, 5.41) is 0. The summed E-state index contributed by atoms with van der Waals surface area (Å²) in [6.07, 6.45) is 8.56. The average Bonchev–Trinajstić information content (AvgIpc) is 2.81. The van der Waals surface area contributed by atoms with Crippen LogP contribution in [0.4, 0.5) is 0 Å². The van der Waals surface area contributed by atoms with Crippen molar-refractivity contribution < 1.29 is 9.53 Å². The van der Waals surface area contributed by atoms with Crippen molar-refractivity contribution in [2.45, 2.75) is 52.5 Å². The minimum Gasteiger partial charge on any atom is -0.469 e. The normalized spacial score (nSPS) is 12.4. The van der Waals surface area contributed by atoms with Crippen molar-refractivity contribution >= 4 is 5.97 Å². The minimum atomic E-state index is -0.116. The highest BCUT2D eigenvalue weighted by atomic mass is 16.5. The molecule has 1 aromatic rings. The van der Waals surface area contributed by atoms with Crippen LogP contribution in [0.3, 0.4) is 0 Å². The predicted octanol–water partition coefficient (Wildman–Crippen LogP) is 2.82. The summed E-state index contributed by atoms with van der Waals surface area (Å²) in [4.78, 5) is 16.1. The highest BCUT2D eigenvalue weighted by Crippen LogP contribution is 2.16. The van der Waals surface area contributed by atoms with Crippen LogP contribution in [0.2, 0.25) is 0 Å². The quantitative estimate of drug-likeness (QED) is 0.668. The molecule has 1 heterocycles. The minimum absolute atomic E-state index is 0.0621. The number of rotatable bonds is 8. The first-order valence-electron chi connectivity index (χ1n) is 6.80. The zero-order valence-electron chi connectivity index (χ0n) is 11.7. The number of ether oxygens (including phenoxy) is 1. The Bertz CT molecular complexity index is 360. The van der Waals surface area contributed by atoms with E-state index >= 15 is 0 Å². The molecule has 0 spiro atoms. The number of carbonyl (C=O) groups is 1. The number of esters is 1. The van der Waals surface area contributed by atoms with Gasteiger partial charge >= 0.3 is 5.97 Å². The van der Waals surface area contributed by atoms with Crippen molar-refractivity contribution in [2.75, 3.05) is 7.11 Å². The van der Waals surface area contributed by atoms with Gasteiger partial charge in [0.25, 0.3) is 0 Å².